The smallest absolute Gasteiger partial charge is 0.226 e. The summed E-state index contributed by atoms with van der Waals surface area (Å²) in [6.07, 6.45) is 4.28. The molecule has 4 nitrogen and oxygen atoms in total. The monoisotopic (exact) mass is 396 g/mol. The van der Waals surface area contributed by atoms with Crippen molar-refractivity contribution in [1.29, 1.82) is 0 Å². The largest absolute Gasteiger partial charge is 0.356 e. The molecule has 2 heterocycles. The van der Waals surface area contributed by atoms with Gasteiger partial charge in [-0.15, -0.1) is 11.3 Å². The van der Waals surface area contributed by atoms with E-state index < -0.39 is 5.41 Å². The van der Waals surface area contributed by atoms with Crippen LogP contribution in [0.5, 0.6) is 0 Å². The summed E-state index contributed by atoms with van der Waals surface area (Å²) < 4.78 is 0. The quantitative estimate of drug-likeness (QED) is 0.799. The van der Waals surface area contributed by atoms with Crippen LogP contribution in [-0.4, -0.2) is 36.3 Å². The number of hydrogen-bond acceptors (Lipinski definition) is 3. The Bertz CT molecular complexity index is 817. The highest BCUT2D eigenvalue weighted by Crippen LogP contribution is 2.39. The molecule has 2 fully saturated rings. The molecule has 0 atom stereocenters. The minimum absolute atomic E-state index is 0.135. The van der Waals surface area contributed by atoms with Crippen LogP contribution in [0, 0.1) is 11.3 Å². The Morgan fingerprint density at radius 3 is 2.43 bits per heavy atom. The number of hydrogen-bond donors (Lipinski definition) is 1. The summed E-state index contributed by atoms with van der Waals surface area (Å²) in [5.41, 5.74) is 1.99. The van der Waals surface area contributed by atoms with E-state index in [1.165, 1.54) is 16.0 Å². The summed E-state index contributed by atoms with van der Waals surface area (Å²) in [5, 5.41) is 5.14. The van der Waals surface area contributed by atoms with Gasteiger partial charge in [-0.2, -0.15) is 0 Å². The molecular formula is C23H28N2O2S. The lowest BCUT2D eigenvalue weighted by molar-refractivity contribution is -0.141. The molecule has 1 aliphatic carbocycles. The number of carbonyl (C=O) groups excluding carboxylic acids is 2. The second-order valence-corrected chi connectivity index (χ2v) is 9.04. The number of benzene rings is 1. The summed E-state index contributed by atoms with van der Waals surface area (Å²) in [6, 6.07) is 12.8. The van der Waals surface area contributed by atoms with Crippen molar-refractivity contribution in [3.8, 4) is 10.4 Å². The van der Waals surface area contributed by atoms with Crippen molar-refractivity contribution >= 4 is 23.2 Å². The molecule has 2 aromatic rings. The third-order valence-electron chi connectivity index (χ3n) is 6.08. The third-order valence-corrected chi connectivity index (χ3v) is 7.00. The summed E-state index contributed by atoms with van der Waals surface area (Å²) in [4.78, 5) is 28.6. The van der Waals surface area contributed by atoms with E-state index in [2.05, 4.69) is 47.1 Å². The molecule has 28 heavy (non-hydrogen) atoms. The first kappa shape index (κ1) is 19.2. The van der Waals surface area contributed by atoms with Crippen LogP contribution in [0.2, 0.25) is 0 Å². The average Bonchev–Trinajstić information content (AvgIpc) is 3.43. The number of carbonyl (C=O) groups is 2. The number of nitrogens with one attached hydrogen (secondary N) is 1. The minimum atomic E-state index is -0.416. The van der Waals surface area contributed by atoms with E-state index >= 15 is 0 Å². The van der Waals surface area contributed by atoms with Crippen LogP contribution < -0.4 is 5.32 Å². The highest BCUT2D eigenvalue weighted by molar-refractivity contribution is 7.13. The van der Waals surface area contributed by atoms with Gasteiger partial charge in [0, 0.05) is 30.4 Å². The molecular weight excluding hydrogens is 368 g/mol. The molecule has 0 bridgehead atoms. The van der Waals surface area contributed by atoms with Crippen molar-refractivity contribution in [1.82, 2.24) is 10.2 Å². The van der Waals surface area contributed by atoms with Crippen LogP contribution in [0.1, 0.15) is 38.2 Å². The van der Waals surface area contributed by atoms with E-state index in [0.29, 0.717) is 25.5 Å². The molecule has 2 amide bonds. The zero-order valence-corrected chi connectivity index (χ0v) is 17.3. The van der Waals surface area contributed by atoms with Gasteiger partial charge in [0.1, 0.15) is 0 Å². The van der Waals surface area contributed by atoms with Crippen molar-refractivity contribution in [2.45, 2.75) is 39.0 Å². The highest BCUT2D eigenvalue weighted by atomic mass is 32.1. The molecule has 1 aromatic heterocycles. The van der Waals surface area contributed by atoms with E-state index in [4.69, 9.17) is 0 Å². The van der Waals surface area contributed by atoms with Crippen LogP contribution in [-0.2, 0) is 16.0 Å². The predicted octanol–water partition coefficient (Wildman–Crippen LogP) is 4.11. The third kappa shape index (κ3) is 4.00. The maximum absolute atomic E-state index is 13.0. The molecule has 0 unspecified atom stereocenters. The van der Waals surface area contributed by atoms with E-state index in [9.17, 15) is 9.59 Å². The topological polar surface area (TPSA) is 49.4 Å². The normalized spacial score (nSPS) is 18.7. The van der Waals surface area contributed by atoms with Gasteiger partial charge in [0.25, 0.3) is 0 Å². The molecule has 4 rings (SSSR count). The minimum Gasteiger partial charge on any atom is -0.356 e. The molecule has 1 aliphatic heterocycles. The van der Waals surface area contributed by atoms with Crippen molar-refractivity contribution < 1.29 is 9.59 Å². The molecule has 5 heteroatoms. The molecule has 1 aromatic carbocycles. The van der Waals surface area contributed by atoms with Crippen molar-refractivity contribution in [3.05, 3.63) is 47.3 Å². The van der Waals surface area contributed by atoms with Crippen LogP contribution >= 0.6 is 11.3 Å². The first-order valence-electron chi connectivity index (χ1n) is 10.3. The number of rotatable bonds is 6. The fraction of sp³-hybridized carbons (Fsp3) is 0.478. The van der Waals surface area contributed by atoms with E-state index in [1.54, 1.807) is 11.3 Å². The van der Waals surface area contributed by atoms with Gasteiger partial charge in [-0.1, -0.05) is 30.3 Å². The number of likely N-dealkylation sites (tertiary alicyclic amines) is 1. The Hall–Kier alpha value is -2.14. The van der Waals surface area contributed by atoms with E-state index in [-0.39, 0.29) is 11.8 Å². The Balaban J connectivity index is 1.48. The van der Waals surface area contributed by atoms with Gasteiger partial charge in [-0.25, -0.2) is 0 Å². The van der Waals surface area contributed by atoms with Gasteiger partial charge >= 0.3 is 0 Å². The molecule has 0 spiro atoms. The van der Waals surface area contributed by atoms with Gasteiger partial charge in [-0.05, 0) is 61.6 Å². The number of thiophene rings is 1. The Labute approximate surface area is 170 Å². The van der Waals surface area contributed by atoms with Gasteiger partial charge in [0.05, 0.1) is 5.41 Å². The van der Waals surface area contributed by atoms with E-state index in [1.807, 2.05) is 11.8 Å². The van der Waals surface area contributed by atoms with Crippen molar-refractivity contribution in [2.24, 2.45) is 11.3 Å². The molecule has 1 N–H and O–H groups in total. The van der Waals surface area contributed by atoms with Crippen molar-refractivity contribution in [2.75, 3.05) is 19.6 Å². The van der Waals surface area contributed by atoms with Crippen LogP contribution in [0.25, 0.3) is 10.4 Å². The number of piperidine rings is 1. The SMILES string of the molecule is CCNC(=O)C1(Cc2ccc(-c3cccs3)cc2)CCN(C(=O)C2CC2)CC1. The average molecular weight is 397 g/mol. The molecule has 2 aliphatic rings. The highest BCUT2D eigenvalue weighted by Gasteiger charge is 2.43. The Morgan fingerprint density at radius 1 is 1.14 bits per heavy atom. The zero-order valence-electron chi connectivity index (χ0n) is 16.4. The second-order valence-electron chi connectivity index (χ2n) is 8.09. The van der Waals surface area contributed by atoms with Crippen LogP contribution in [0.3, 0.4) is 0 Å². The Kier molecular flexibility index (Phi) is 5.54. The van der Waals surface area contributed by atoms with Gasteiger partial charge in [0.15, 0.2) is 0 Å². The van der Waals surface area contributed by atoms with Crippen molar-refractivity contribution in [3.63, 3.8) is 0 Å². The lowest BCUT2D eigenvalue weighted by Crippen LogP contribution is -2.51. The molecule has 1 saturated heterocycles. The molecule has 0 radical (unpaired) electrons. The van der Waals surface area contributed by atoms with E-state index in [0.717, 1.165) is 32.1 Å². The zero-order chi connectivity index (χ0) is 19.6. The number of nitrogens with zero attached hydrogens (tertiary/aromatic N) is 1. The Morgan fingerprint density at radius 2 is 1.86 bits per heavy atom. The van der Waals surface area contributed by atoms with Gasteiger partial charge in [-0.3, -0.25) is 9.59 Å². The fourth-order valence-electron chi connectivity index (χ4n) is 4.20. The first-order chi connectivity index (χ1) is 13.6. The first-order valence-corrected chi connectivity index (χ1v) is 11.2. The summed E-state index contributed by atoms with van der Waals surface area (Å²) in [7, 11) is 0. The lowest BCUT2D eigenvalue weighted by Gasteiger charge is -2.41. The second kappa shape index (κ2) is 8.08. The summed E-state index contributed by atoms with van der Waals surface area (Å²) in [5.74, 6) is 0.683. The lowest BCUT2D eigenvalue weighted by atomic mass is 9.72. The predicted molar refractivity (Wildman–Crippen MR) is 113 cm³/mol. The van der Waals surface area contributed by atoms with Crippen LogP contribution in [0.4, 0.5) is 0 Å². The standard InChI is InChI=1S/C23H28N2O2S/c1-2-24-22(27)23(11-13-25(14-12-23)21(26)19-9-10-19)16-17-5-7-18(8-6-17)20-4-3-15-28-20/h3-8,15,19H,2,9-14,16H2,1H3,(H,24,27). The maximum atomic E-state index is 13.0. The molecule has 148 valence electrons. The summed E-state index contributed by atoms with van der Waals surface area (Å²) in [6.45, 7) is 4.00. The number of amides is 2. The fourth-order valence-corrected chi connectivity index (χ4v) is 4.93. The molecule has 1 saturated carbocycles. The summed E-state index contributed by atoms with van der Waals surface area (Å²) >= 11 is 1.74. The van der Waals surface area contributed by atoms with Gasteiger partial charge < -0.3 is 10.2 Å². The van der Waals surface area contributed by atoms with Crippen LogP contribution in [0.15, 0.2) is 41.8 Å². The van der Waals surface area contributed by atoms with Gasteiger partial charge in [0.2, 0.25) is 11.8 Å². The maximum Gasteiger partial charge on any atom is 0.226 e.